The fourth-order valence-corrected chi connectivity index (χ4v) is 4.00. The van der Waals surface area contributed by atoms with Crippen molar-refractivity contribution in [1.82, 2.24) is 0 Å². The first-order chi connectivity index (χ1) is 4.65. The van der Waals surface area contributed by atoms with Crippen molar-refractivity contribution in [1.29, 1.82) is 0 Å². The zero-order chi connectivity index (χ0) is 9.28. The molecule has 0 heterocycles. The van der Waals surface area contributed by atoms with Crippen LogP contribution >= 0.6 is 0 Å². The minimum absolute atomic E-state index is 0.436. The van der Waals surface area contributed by atoms with E-state index < -0.39 is 23.7 Å². The zero-order valence-corrected chi connectivity index (χ0v) is 9.53. The van der Waals surface area contributed by atoms with Gasteiger partial charge in [0, 0.05) is 0 Å². The third kappa shape index (κ3) is 4.55. The van der Waals surface area contributed by atoms with Gasteiger partial charge in [-0.05, 0) is 33.5 Å². The minimum atomic E-state index is -3.29. The second-order valence-electron chi connectivity index (χ2n) is 3.74. The fourth-order valence-electron chi connectivity index (χ4n) is 0.445. The van der Waals surface area contributed by atoms with Gasteiger partial charge in [-0.15, -0.1) is 0 Å². The van der Waals surface area contributed by atoms with Gasteiger partial charge in [0.15, 0.2) is 0 Å². The number of hydrogen-bond donors (Lipinski definition) is 0. The van der Waals surface area contributed by atoms with Crippen molar-refractivity contribution in [2.24, 2.45) is 0 Å². The van der Waals surface area contributed by atoms with Crippen LogP contribution in [0.4, 0.5) is 0 Å². The Morgan fingerprint density at radius 3 is 1.64 bits per heavy atom. The molecule has 68 valence electrons. The highest BCUT2D eigenvalue weighted by molar-refractivity contribution is 7.88. The molecule has 0 rings (SSSR count). The molecule has 0 unspecified atom stereocenters. The number of hydrogen-bond acceptors (Lipinski definition) is 3. The van der Waals surface area contributed by atoms with E-state index in [1.54, 1.807) is 13.8 Å². The topological polar surface area (TPSA) is 43.4 Å². The van der Waals surface area contributed by atoms with Crippen LogP contribution in [-0.2, 0) is 14.0 Å². The van der Waals surface area contributed by atoms with Gasteiger partial charge in [-0.2, -0.15) is 0 Å². The summed E-state index contributed by atoms with van der Waals surface area (Å²) in [6.45, 7) is 8.80. The molecule has 0 aromatic rings. The summed E-state index contributed by atoms with van der Waals surface area (Å²) in [5, 5.41) is -0.436. The molecule has 0 bridgehead atoms. The fraction of sp³-hybridized carbons (Fsp3) is 1.00. The molecule has 0 aliphatic rings. The maximum atomic E-state index is 11.2. The highest BCUT2D eigenvalue weighted by Crippen LogP contribution is 2.12. The lowest BCUT2D eigenvalue weighted by molar-refractivity contribution is 0.476. The molecular formula is C6H16O3SSi. The van der Waals surface area contributed by atoms with E-state index in [1.165, 1.54) is 0 Å². The Balaban J connectivity index is 4.40. The van der Waals surface area contributed by atoms with Crippen molar-refractivity contribution in [3.05, 3.63) is 0 Å². The van der Waals surface area contributed by atoms with Gasteiger partial charge in [-0.3, -0.25) is 0 Å². The summed E-state index contributed by atoms with van der Waals surface area (Å²) in [5.74, 6) is 0. The Morgan fingerprint density at radius 1 is 1.18 bits per heavy atom. The monoisotopic (exact) mass is 196 g/mol. The summed E-state index contributed by atoms with van der Waals surface area (Å²) in [6, 6.07) is 0. The average Bonchev–Trinajstić information content (AvgIpc) is 1.56. The first-order valence-corrected chi connectivity index (χ1v) is 8.47. The van der Waals surface area contributed by atoms with Crippen LogP contribution in [0.1, 0.15) is 13.8 Å². The summed E-state index contributed by atoms with van der Waals surface area (Å²) < 4.78 is 27.3. The van der Waals surface area contributed by atoms with E-state index in [4.69, 9.17) is 3.87 Å². The highest BCUT2D eigenvalue weighted by atomic mass is 32.2. The van der Waals surface area contributed by atoms with Crippen molar-refractivity contribution in [3.63, 3.8) is 0 Å². The third-order valence-electron chi connectivity index (χ3n) is 0.944. The first-order valence-electron chi connectivity index (χ1n) is 3.59. The third-order valence-corrected chi connectivity index (χ3v) is 5.03. The lowest BCUT2D eigenvalue weighted by atomic mass is 10.6. The van der Waals surface area contributed by atoms with Crippen LogP contribution in [0, 0.1) is 0 Å². The highest BCUT2D eigenvalue weighted by Gasteiger charge is 2.26. The summed E-state index contributed by atoms with van der Waals surface area (Å²) in [5.41, 5.74) is 0. The molecule has 5 heteroatoms. The molecule has 0 saturated heterocycles. The molecule has 0 radical (unpaired) electrons. The second-order valence-corrected chi connectivity index (χ2v) is 10.6. The number of rotatable bonds is 3. The maximum absolute atomic E-state index is 11.2. The summed E-state index contributed by atoms with van der Waals surface area (Å²) in [7, 11) is -5.24. The van der Waals surface area contributed by atoms with Gasteiger partial charge in [-0.1, -0.05) is 0 Å². The van der Waals surface area contributed by atoms with Crippen molar-refractivity contribution in [2.45, 2.75) is 38.7 Å². The average molecular weight is 196 g/mol. The van der Waals surface area contributed by atoms with E-state index in [1.807, 2.05) is 19.6 Å². The first kappa shape index (κ1) is 11.1. The van der Waals surface area contributed by atoms with E-state index in [0.29, 0.717) is 0 Å². The van der Waals surface area contributed by atoms with Gasteiger partial charge < -0.3 is 3.87 Å². The minimum Gasteiger partial charge on any atom is -0.315 e. The molecular weight excluding hydrogens is 180 g/mol. The van der Waals surface area contributed by atoms with Crippen molar-refractivity contribution in [2.75, 3.05) is 0 Å². The zero-order valence-electron chi connectivity index (χ0n) is 7.71. The quantitative estimate of drug-likeness (QED) is 0.644. The lowest BCUT2D eigenvalue weighted by Crippen LogP contribution is -2.32. The van der Waals surface area contributed by atoms with Gasteiger partial charge in [0.1, 0.15) is 0 Å². The molecule has 0 amide bonds. The Labute approximate surface area is 70.0 Å². The molecule has 0 aromatic heterocycles. The van der Waals surface area contributed by atoms with Gasteiger partial charge in [-0.25, -0.2) is 8.42 Å². The summed E-state index contributed by atoms with van der Waals surface area (Å²) in [6.07, 6.45) is 0. The molecule has 0 saturated carbocycles. The van der Waals surface area contributed by atoms with Crippen molar-refractivity contribution < 1.29 is 12.3 Å². The van der Waals surface area contributed by atoms with E-state index in [0.717, 1.165) is 0 Å². The molecule has 11 heavy (non-hydrogen) atoms. The SMILES string of the molecule is CC(C)S(=O)(=O)O[Si](C)(C)C. The summed E-state index contributed by atoms with van der Waals surface area (Å²) in [4.78, 5) is 0. The second kappa shape index (κ2) is 3.24. The van der Waals surface area contributed by atoms with Crippen LogP contribution < -0.4 is 0 Å². The molecule has 0 aliphatic carbocycles. The van der Waals surface area contributed by atoms with Crippen LogP contribution in [0.15, 0.2) is 0 Å². The van der Waals surface area contributed by atoms with Crippen molar-refractivity contribution in [3.8, 4) is 0 Å². The Kier molecular flexibility index (Phi) is 3.28. The van der Waals surface area contributed by atoms with Gasteiger partial charge >= 0.3 is 0 Å². The van der Waals surface area contributed by atoms with E-state index in [-0.39, 0.29) is 0 Å². The standard InChI is InChI=1S/C6H16O3SSi/c1-6(2)10(7,8)9-11(3,4)5/h6H,1-5H3. The van der Waals surface area contributed by atoms with Crippen LogP contribution in [0.25, 0.3) is 0 Å². The van der Waals surface area contributed by atoms with Gasteiger partial charge in [0.05, 0.1) is 5.25 Å². The molecule has 0 aromatic carbocycles. The molecule has 0 N–H and O–H groups in total. The van der Waals surface area contributed by atoms with Crippen molar-refractivity contribution >= 4 is 18.4 Å². The van der Waals surface area contributed by atoms with E-state index in [2.05, 4.69) is 0 Å². The Morgan fingerprint density at radius 2 is 1.55 bits per heavy atom. The van der Waals surface area contributed by atoms with Gasteiger partial charge in [0.25, 0.3) is 10.1 Å². The lowest BCUT2D eigenvalue weighted by Gasteiger charge is -2.18. The van der Waals surface area contributed by atoms with E-state index in [9.17, 15) is 8.42 Å². The van der Waals surface area contributed by atoms with Crippen LogP contribution in [0.3, 0.4) is 0 Å². The molecule has 3 nitrogen and oxygen atoms in total. The van der Waals surface area contributed by atoms with Crippen LogP contribution in [0.2, 0.25) is 19.6 Å². The summed E-state index contributed by atoms with van der Waals surface area (Å²) >= 11 is 0. The molecule has 0 aliphatic heterocycles. The molecule has 0 atom stereocenters. The predicted octanol–water partition coefficient (Wildman–Crippen LogP) is 1.58. The van der Waals surface area contributed by atoms with Gasteiger partial charge in [0.2, 0.25) is 8.32 Å². The molecule has 0 fully saturated rings. The smallest absolute Gasteiger partial charge is 0.260 e. The van der Waals surface area contributed by atoms with Crippen LogP contribution in [-0.4, -0.2) is 22.0 Å². The molecule has 0 spiro atoms. The Bertz CT molecular complexity index is 212. The normalized spacial score (nSPS) is 14.0. The maximum Gasteiger partial charge on any atom is 0.260 e. The predicted molar refractivity (Wildman–Crippen MR) is 48.5 cm³/mol. The van der Waals surface area contributed by atoms with Crippen LogP contribution in [0.5, 0.6) is 0 Å². The Hall–Kier alpha value is 0.127. The largest absolute Gasteiger partial charge is 0.315 e. The van der Waals surface area contributed by atoms with E-state index >= 15 is 0 Å².